The van der Waals surface area contributed by atoms with E-state index in [1.165, 1.54) is 12.6 Å². The molecule has 1 aromatic carbocycles. The van der Waals surface area contributed by atoms with Crippen LogP contribution in [0.3, 0.4) is 0 Å². The van der Waals surface area contributed by atoms with E-state index < -0.39 is 9.73 Å². The number of aromatic nitrogens is 2. The third-order valence-corrected chi connectivity index (χ3v) is 6.81. The maximum Gasteiger partial charge on any atom is 0.410 e. The van der Waals surface area contributed by atoms with Crippen LogP contribution in [0, 0.1) is 4.78 Å². The number of anilines is 2. The van der Waals surface area contributed by atoms with Crippen molar-refractivity contribution >= 4 is 27.3 Å². The van der Waals surface area contributed by atoms with Crippen molar-refractivity contribution in [1.29, 1.82) is 4.78 Å². The minimum atomic E-state index is -2.74. The lowest BCUT2D eigenvalue weighted by molar-refractivity contribution is 0.0505. The number of carbonyl (C=O) groups excluding carboxylic acids is 1. The molecule has 1 amide bonds. The monoisotopic (exact) mass is 459 g/mol. The Morgan fingerprint density at radius 1 is 1.16 bits per heavy atom. The summed E-state index contributed by atoms with van der Waals surface area (Å²) in [5.74, 6) is 1.41. The van der Waals surface area contributed by atoms with Gasteiger partial charge in [-0.25, -0.2) is 23.8 Å². The summed E-state index contributed by atoms with van der Waals surface area (Å²) < 4.78 is 31.2. The normalized spacial score (nSPS) is 18.4. The number of ether oxygens (including phenoxy) is 2. The number of likely N-dealkylation sites (tertiary alicyclic amines) is 1. The number of nitrogens with zero attached hydrogens (tertiary/aromatic N) is 4. The van der Waals surface area contributed by atoms with Gasteiger partial charge in [-0.05, 0) is 44.5 Å². The molecule has 0 bridgehead atoms. The zero-order valence-electron chi connectivity index (χ0n) is 18.6. The number of hydrogen-bond donors (Lipinski definition) is 1. The van der Waals surface area contributed by atoms with Gasteiger partial charge in [0.05, 0.1) is 21.4 Å². The van der Waals surface area contributed by atoms with Gasteiger partial charge in [0.2, 0.25) is 5.88 Å². The van der Waals surface area contributed by atoms with Crippen molar-refractivity contribution < 1.29 is 18.5 Å². The number of amides is 1. The maximum atomic E-state index is 12.1. The van der Waals surface area contributed by atoms with Gasteiger partial charge >= 0.3 is 6.09 Å². The number of carbonyl (C=O) groups is 1. The van der Waals surface area contributed by atoms with Crippen LogP contribution in [0.5, 0.6) is 5.88 Å². The van der Waals surface area contributed by atoms with E-state index >= 15 is 0 Å². The number of benzene rings is 1. The second kappa shape index (κ2) is 8.93. The highest BCUT2D eigenvalue weighted by molar-refractivity contribution is 7.91. The van der Waals surface area contributed by atoms with E-state index in [-0.39, 0.29) is 18.3 Å². The Labute approximate surface area is 188 Å². The highest BCUT2D eigenvalue weighted by Crippen LogP contribution is 2.37. The molecule has 2 aliphatic heterocycles. The van der Waals surface area contributed by atoms with E-state index in [2.05, 4.69) is 14.9 Å². The number of piperidine rings is 1. The average Bonchev–Trinajstić information content (AvgIpc) is 3.18. The van der Waals surface area contributed by atoms with E-state index in [1.807, 2.05) is 26.0 Å². The maximum absolute atomic E-state index is 12.1. The topological polar surface area (TPSA) is 109 Å². The molecule has 2 aromatic rings. The van der Waals surface area contributed by atoms with Crippen LogP contribution >= 0.6 is 0 Å². The van der Waals surface area contributed by atoms with Crippen LogP contribution in [0.1, 0.15) is 32.3 Å². The molecule has 10 heteroatoms. The molecule has 2 aliphatic rings. The Bertz CT molecular complexity index is 1080. The van der Waals surface area contributed by atoms with E-state index in [4.69, 9.17) is 14.3 Å². The standard InChI is InChI=1S/C22H29N5O4S/c1-15(2)30-22(28)26-11-8-17(9-12-26)31-21-19-10-13-27(20(19)24-14-25-21)16-4-6-18(7-5-16)32(3,23)29/h4-7,14-15,17,23H,8-13H2,1-3H3. The van der Waals surface area contributed by atoms with Gasteiger partial charge in [0.15, 0.2) is 0 Å². The molecular formula is C22H29N5O4S. The Balaban J connectivity index is 1.43. The Morgan fingerprint density at radius 2 is 1.84 bits per heavy atom. The van der Waals surface area contributed by atoms with Crippen LogP contribution in [-0.2, 0) is 20.9 Å². The number of hydrogen-bond acceptors (Lipinski definition) is 8. The van der Waals surface area contributed by atoms with E-state index in [9.17, 15) is 9.00 Å². The van der Waals surface area contributed by atoms with Crippen molar-refractivity contribution in [3.05, 3.63) is 36.2 Å². The van der Waals surface area contributed by atoms with Crippen LogP contribution < -0.4 is 9.64 Å². The largest absolute Gasteiger partial charge is 0.474 e. The Kier molecular flexibility index (Phi) is 6.23. The molecule has 1 atom stereocenters. The smallest absolute Gasteiger partial charge is 0.410 e. The number of fused-ring (bicyclic) bond motifs is 1. The molecule has 172 valence electrons. The van der Waals surface area contributed by atoms with Gasteiger partial charge in [-0.15, -0.1) is 0 Å². The van der Waals surface area contributed by atoms with Crippen molar-refractivity contribution in [2.24, 2.45) is 0 Å². The summed E-state index contributed by atoms with van der Waals surface area (Å²) in [5.41, 5.74) is 1.90. The molecule has 32 heavy (non-hydrogen) atoms. The SMILES string of the molecule is CC(C)OC(=O)N1CCC(Oc2ncnc3c2CCN3c2ccc(S(C)(=N)=O)cc2)CC1. The lowest BCUT2D eigenvalue weighted by Crippen LogP contribution is -2.42. The lowest BCUT2D eigenvalue weighted by Gasteiger charge is -2.32. The van der Waals surface area contributed by atoms with Crippen molar-refractivity contribution in [2.45, 2.75) is 50.2 Å². The number of nitrogens with one attached hydrogen (secondary N) is 1. The van der Waals surface area contributed by atoms with Gasteiger partial charge in [-0.1, -0.05) is 0 Å². The lowest BCUT2D eigenvalue weighted by atomic mass is 10.1. The van der Waals surface area contributed by atoms with Crippen LogP contribution in [0.2, 0.25) is 0 Å². The second-order valence-electron chi connectivity index (χ2n) is 8.46. The molecule has 1 unspecified atom stereocenters. The summed E-state index contributed by atoms with van der Waals surface area (Å²) in [6.07, 6.45) is 4.72. The predicted molar refractivity (Wildman–Crippen MR) is 121 cm³/mol. The predicted octanol–water partition coefficient (Wildman–Crippen LogP) is 3.59. The molecule has 0 radical (unpaired) electrons. The first-order valence-electron chi connectivity index (χ1n) is 10.8. The summed E-state index contributed by atoms with van der Waals surface area (Å²) in [4.78, 5) is 25.3. The summed E-state index contributed by atoms with van der Waals surface area (Å²) in [6.45, 7) is 5.62. The first kappa shape index (κ1) is 22.3. The third kappa shape index (κ3) is 4.79. The van der Waals surface area contributed by atoms with Gasteiger partial charge in [0.25, 0.3) is 0 Å². The van der Waals surface area contributed by atoms with Crippen LogP contribution in [-0.4, -0.2) is 63.3 Å². The van der Waals surface area contributed by atoms with Gasteiger partial charge < -0.3 is 19.3 Å². The first-order chi connectivity index (χ1) is 15.2. The zero-order valence-corrected chi connectivity index (χ0v) is 19.4. The van der Waals surface area contributed by atoms with Gasteiger partial charge in [-0.2, -0.15) is 0 Å². The summed E-state index contributed by atoms with van der Waals surface area (Å²) in [6, 6.07) is 7.21. The van der Waals surface area contributed by atoms with Crippen molar-refractivity contribution in [3.8, 4) is 5.88 Å². The fourth-order valence-electron chi connectivity index (χ4n) is 4.00. The van der Waals surface area contributed by atoms with Crippen LogP contribution in [0.25, 0.3) is 0 Å². The van der Waals surface area contributed by atoms with Gasteiger partial charge in [0.1, 0.15) is 18.2 Å². The molecule has 1 N–H and O–H groups in total. The van der Waals surface area contributed by atoms with Gasteiger partial charge in [-0.3, -0.25) is 0 Å². The number of rotatable bonds is 5. The fraction of sp³-hybridized carbons (Fsp3) is 0.500. The van der Waals surface area contributed by atoms with Crippen LogP contribution in [0.4, 0.5) is 16.3 Å². The first-order valence-corrected chi connectivity index (χ1v) is 12.8. The average molecular weight is 460 g/mol. The van der Waals surface area contributed by atoms with Crippen molar-refractivity contribution in [3.63, 3.8) is 0 Å². The molecular weight excluding hydrogens is 430 g/mol. The molecule has 9 nitrogen and oxygen atoms in total. The second-order valence-corrected chi connectivity index (χ2v) is 10.6. The molecule has 4 rings (SSSR count). The summed E-state index contributed by atoms with van der Waals surface area (Å²) in [5, 5.41) is 0. The van der Waals surface area contributed by atoms with E-state index in [1.54, 1.807) is 17.0 Å². The highest BCUT2D eigenvalue weighted by Gasteiger charge is 2.30. The quantitative estimate of drug-likeness (QED) is 0.728. The van der Waals surface area contributed by atoms with Crippen molar-refractivity contribution in [2.75, 3.05) is 30.8 Å². The van der Waals surface area contributed by atoms with Crippen molar-refractivity contribution in [1.82, 2.24) is 14.9 Å². The van der Waals surface area contributed by atoms with Crippen LogP contribution in [0.15, 0.2) is 35.5 Å². The van der Waals surface area contributed by atoms with E-state index in [0.717, 1.165) is 42.9 Å². The Morgan fingerprint density at radius 3 is 2.47 bits per heavy atom. The molecule has 0 saturated carbocycles. The molecule has 1 saturated heterocycles. The summed E-state index contributed by atoms with van der Waals surface area (Å²) >= 11 is 0. The van der Waals surface area contributed by atoms with Gasteiger partial charge in [0, 0.05) is 49.3 Å². The zero-order chi connectivity index (χ0) is 22.9. The minimum absolute atomic E-state index is 0.0137. The summed E-state index contributed by atoms with van der Waals surface area (Å²) in [7, 11) is -2.74. The Hall–Kier alpha value is -2.88. The fourth-order valence-corrected chi connectivity index (χ4v) is 4.65. The molecule has 1 fully saturated rings. The molecule has 0 spiro atoms. The molecule has 1 aromatic heterocycles. The molecule has 0 aliphatic carbocycles. The van der Waals surface area contributed by atoms with E-state index in [0.29, 0.717) is 23.9 Å². The third-order valence-electron chi connectivity index (χ3n) is 5.64. The minimum Gasteiger partial charge on any atom is -0.474 e. The highest BCUT2D eigenvalue weighted by atomic mass is 32.2. The molecule has 3 heterocycles.